The van der Waals surface area contributed by atoms with Crippen LogP contribution in [-0.2, 0) is 7.05 Å². The van der Waals surface area contributed by atoms with Gasteiger partial charge < -0.3 is 9.88 Å². The van der Waals surface area contributed by atoms with Crippen LogP contribution >= 0.6 is 11.3 Å². The summed E-state index contributed by atoms with van der Waals surface area (Å²) in [6.07, 6.45) is 3.53. The summed E-state index contributed by atoms with van der Waals surface area (Å²) in [5.41, 5.74) is 1.24. The van der Waals surface area contributed by atoms with Crippen molar-refractivity contribution < 1.29 is 4.39 Å². The zero-order valence-corrected chi connectivity index (χ0v) is 14.9. The molecule has 1 unspecified atom stereocenters. The Morgan fingerprint density at radius 1 is 1.27 bits per heavy atom. The lowest BCUT2D eigenvalue weighted by molar-refractivity contribution is 0.626. The summed E-state index contributed by atoms with van der Waals surface area (Å²) in [7, 11) is 1.88. The van der Waals surface area contributed by atoms with E-state index in [4.69, 9.17) is 0 Å². The first-order valence-electron chi connectivity index (χ1n) is 7.88. The first-order valence-corrected chi connectivity index (χ1v) is 8.69. The Kier molecular flexibility index (Phi) is 4.00. The normalized spacial score (nSPS) is 12.4. The van der Waals surface area contributed by atoms with E-state index < -0.39 is 0 Å². The van der Waals surface area contributed by atoms with Gasteiger partial charge in [-0.05, 0) is 24.6 Å². The molecule has 132 valence electrons. The molecular formula is C17H15FN6OS. The molecular weight excluding hydrogens is 355 g/mol. The highest BCUT2D eigenvalue weighted by molar-refractivity contribution is 7.20. The third-order valence-electron chi connectivity index (χ3n) is 3.96. The van der Waals surface area contributed by atoms with E-state index in [0.29, 0.717) is 15.8 Å². The number of hydrogen-bond acceptors (Lipinski definition) is 6. The molecule has 0 saturated heterocycles. The number of benzene rings is 1. The van der Waals surface area contributed by atoms with Gasteiger partial charge in [0, 0.05) is 31.2 Å². The topological polar surface area (TPSA) is 77.1 Å². The number of nitrogens with one attached hydrogen (secondary N) is 1. The maximum absolute atomic E-state index is 13.3. The van der Waals surface area contributed by atoms with Crippen molar-refractivity contribution in [3.05, 3.63) is 76.0 Å². The van der Waals surface area contributed by atoms with E-state index >= 15 is 0 Å². The van der Waals surface area contributed by atoms with Crippen LogP contribution in [0.4, 0.5) is 9.52 Å². The van der Waals surface area contributed by atoms with Gasteiger partial charge in [-0.15, -0.1) is 5.10 Å². The molecule has 9 heteroatoms. The fourth-order valence-corrected chi connectivity index (χ4v) is 3.59. The van der Waals surface area contributed by atoms with Gasteiger partial charge in [-0.3, -0.25) is 4.79 Å². The zero-order valence-electron chi connectivity index (χ0n) is 14.0. The number of hydrogen-bond donors (Lipinski definition) is 1. The van der Waals surface area contributed by atoms with E-state index in [1.54, 1.807) is 25.3 Å². The predicted octanol–water partition coefficient (Wildman–Crippen LogP) is 2.53. The fourth-order valence-electron chi connectivity index (χ4n) is 2.71. The third-order valence-corrected chi connectivity index (χ3v) is 4.80. The summed E-state index contributed by atoms with van der Waals surface area (Å²) in [5, 5.41) is 8.14. The minimum atomic E-state index is -0.354. The van der Waals surface area contributed by atoms with Crippen molar-refractivity contribution in [2.75, 3.05) is 5.32 Å². The molecule has 26 heavy (non-hydrogen) atoms. The van der Waals surface area contributed by atoms with Crippen LogP contribution in [-0.4, -0.2) is 24.1 Å². The number of halogens is 1. The van der Waals surface area contributed by atoms with E-state index in [-0.39, 0.29) is 17.4 Å². The van der Waals surface area contributed by atoms with Crippen LogP contribution in [0.25, 0.3) is 4.96 Å². The van der Waals surface area contributed by atoms with Crippen molar-refractivity contribution in [1.82, 2.24) is 24.1 Å². The Morgan fingerprint density at radius 2 is 2.04 bits per heavy atom. The van der Waals surface area contributed by atoms with Crippen molar-refractivity contribution >= 4 is 21.4 Å². The van der Waals surface area contributed by atoms with Crippen LogP contribution in [0, 0.1) is 12.7 Å². The number of fused-ring (bicyclic) bond motifs is 1. The molecule has 3 aromatic heterocycles. The van der Waals surface area contributed by atoms with Gasteiger partial charge in [0.1, 0.15) is 17.7 Å². The number of nitrogens with zero attached hydrogens (tertiary/aromatic N) is 5. The average molecular weight is 370 g/mol. The largest absolute Gasteiger partial charge is 0.346 e. The smallest absolute Gasteiger partial charge is 0.275 e. The first-order chi connectivity index (χ1) is 12.5. The van der Waals surface area contributed by atoms with Crippen LogP contribution in [0.1, 0.15) is 23.1 Å². The van der Waals surface area contributed by atoms with Crippen molar-refractivity contribution in [1.29, 1.82) is 0 Å². The number of aryl methyl sites for hydroxylation is 2. The molecule has 0 bridgehead atoms. The van der Waals surface area contributed by atoms with Gasteiger partial charge in [0.25, 0.3) is 5.56 Å². The number of aromatic nitrogens is 5. The van der Waals surface area contributed by atoms with Crippen LogP contribution < -0.4 is 10.9 Å². The Bertz CT molecular complexity index is 1130. The summed E-state index contributed by atoms with van der Waals surface area (Å²) in [6.45, 7) is 1.77. The molecule has 0 aliphatic rings. The molecule has 4 aromatic rings. The van der Waals surface area contributed by atoms with Gasteiger partial charge >= 0.3 is 0 Å². The molecule has 1 N–H and O–H groups in total. The minimum Gasteiger partial charge on any atom is -0.346 e. The molecule has 0 fully saturated rings. The quantitative estimate of drug-likeness (QED) is 0.597. The van der Waals surface area contributed by atoms with Crippen molar-refractivity contribution in [3.63, 3.8) is 0 Å². The number of imidazole rings is 1. The SMILES string of the molecule is Cc1cc(=O)n2nc(NC(c3ccc(F)cc3)c3nccn3C)sc2n1. The summed E-state index contributed by atoms with van der Waals surface area (Å²) >= 11 is 1.27. The van der Waals surface area contributed by atoms with E-state index in [0.717, 1.165) is 11.4 Å². The van der Waals surface area contributed by atoms with E-state index in [9.17, 15) is 9.18 Å². The third kappa shape index (κ3) is 2.97. The number of rotatable bonds is 4. The predicted molar refractivity (Wildman–Crippen MR) is 96.9 cm³/mol. The standard InChI is InChI=1S/C17H15FN6OS/c1-10-9-13(25)24-17(20-10)26-16(22-24)21-14(15-19-7-8-23(15)2)11-3-5-12(18)6-4-11/h3-9,14H,1-2H3,(H,21,22). The van der Waals surface area contributed by atoms with E-state index in [1.165, 1.54) is 34.1 Å². The van der Waals surface area contributed by atoms with Gasteiger partial charge in [-0.25, -0.2) is 14.4 Å². The highest BCUT2D eigenvalue weighted by Gasteiger charge is 2.20. The highest BCUT2D eigenvalue weighted by Crippen LogP contribution is 2.27. The molecule has 4 rings (SSSR count). The second kappa shape index (κ2) is 6.34. The fraction of sp³-hybridized carbons (Fsp3) is 0.176. The molecule has 3 heterocycles. The van der Waals surface area contributed by atoms with Crippen LogP contribution in [0.5, 0.6) is 0 Å². The zero-order chi connectivity index (χ0) is 18.3. The maximum atomic E-state index is 13.3. The van der Waals surface area contributed by atoms with Crippen LogP contribution in [0.15, 0.2) is 47.5 Å². The second-order valence-corrected chi connectivity index (χ2v) is 6.82. The number of anilines is 1. The van der Waals surface area contributed by atoms with Crippen molar-refractivity contribution in [2.45, 2.75) is 13.0 Å². The van der Waals surface area contributed by atoms with Crippen LogP contribution in [0.3, 0.4) is 0 Å². The Hall–Kier alpha value is -3.07. The molecule has 0 aliphatic heterocycles. The summed E-state index contributed by atoms with van der Waals surface area (Å²) < 4.78 is 16.5. The van der Waals surface area contributed by atoms with Gasteiger partial charge in [-0.1, -0.05) is 23.5 Å². The minimum absolute atomic E-state index is 0.230. The first kappa shape index (κ1) is 16.4. The molecule has 0 aliphatic carbocycles. The van der Waals surface area contributed by atoms with E-state index in [2.05, 4.69) is 20.4 Å². The molecule has 0 amide bonds. The van der Waals surface area contributed by atoms with Gasteiger partial charge in [0.15, 0.2) is 0 Å². The van der Waals surface area contributed by atoms with Gasteiger partial charge in [0.2, 0.25) is 10.1 Å². The summed E-state index contributed by atoms with van der Waals surface area (Å²) in [6, 6.07) is 7.29. The lowest BCUT2D eigenvalue weighted by atomic mass is 10.1. The molecule has 7 nitrogen and oxygen atoms in total. The van der Waals surface area contributed by atoms with Gasteiger partial charge in [0.05, 0.1) is 0 Å². The lowest BCUT2D eigenvalue weighted by Crippen LogP contribution is -2.18. The Morgan fingerprint density at radius 3 is 2.73 bits per heavy atom. The Balaban J connectivity index is 1.78. The van der Waals surface area contributed by atoms with Gasteiger partial charge in [-0.2, -0.15) is 4.52 Å². The van der Waals surface area contributed by atoms with Crippen molar-refractivity contribution in [2.24, 2.45) is 7.05 Å². The molecule has 0 spiro atoms. The monoisotopic (exact) mass is 370 g/mol. The molecule has 1 aromatic carbocycles. The summed E-state index contributed by atoms with van der Waals surface area (Å²) in [5.74, 6) is 0.436. The molecule has 0 saturated carbocycles. The van der Waals surface area contributed by atoms with Crippen molar-refractivity contribution in [3.8, 4) is 0 Å². The molecule has 0 radical (unpaired) electrons. The highest BCUT2D eigenvalue weighted by atomic mass is 32.1. The molecule has 1 atom stereocenters. The summed E-state index contributed by atoms with van der Waals surface area (Å²) in [4.78, 5) is 21.3. The lowest BCUT2D eigenvalue weighted by Gasteiger charge is -2.18. The Labute approximate surface area is 151 Å². The van der Waals surface area contributed by atoms with Crippen LogP contribution in [0.2, 0.25) is 0 Å². The van der Waals surface area contributed by atoms with E-state index in [1.807, 2.05) is 17.8 Å². The average Bonchev–Trinajstić information content (AvgIpc) is 3.19. The second-order valence-electron chi connectivity index (χ2n) is 5.86. The maximum Gasteiger partial charge on any atom is 0.275 e.